The smallest absolute Gasteiger partial charge is 0.313 e. The summed E-state index contributed by atoms with van der Waals surface area (Å²) in [7, 11) is 0. The molecular weight excluding hydrogens is 437 g/mol. The average molecular weight is 454 g/mol. The normalized spacial score (nSPS) is 19.4. The van der Waals surface area contributed by atoms with Crippen LogP contribution in [0.2, 0.25) is 5.02 Å². The number of hydrogen-bond acceptors (Lipinski definition) is 4. The first-order valence-electron chi connectivity index (χ1n) is 9.95. The number of carbonyl (C=O) groups excluding carboxylic acids is 1. The van der Waals surface area contributed by atoms with E-state index in [4.69, 9.17) is 21.1 Å². The van der Waals surface area contributed by atoms with Gasteiger partial charge in [0, 0.05) is 11.3 Å². The lowest BCUT2D eigenvalue weighted by Gasteiger charge is -2.41. The van der Waals surface area contributed by atoms with E-state index in [0.717, 1.165) is 6.07 Å². The van der Waals surface area contributed by atoms with Crippen molar-refractivity contribution in [3.63, 3.8) is 0 Å². The Labute approximate surface area is 187 Å². The van der Waals surface area contributed by atoms with Crippen molar-refractivity contribution in [1.82, 2.24) is 0 Å². The first kappa shape index (κ1) is 20.3. The highest BCUT2D eigenvalue weighted by molar-refractivity contribution is 6.30. The number of benzene rings is 3. The van der Waals surface area contributed by atoms with Crippen molar-refractivity contribution < 1.29 is 28.6 Å². The lowest BCUT2D eigenvalue weighted by Crippen LogP contribution is -2.45. The first-order chi connectivity index (χ1) is 15.5. The number of fused-ring (bicyclic) bond motifs is 2. The van der Waals surface area contributed by atoms with Crippen molar-refractivity contribution in [1.29, 1.82) is 0 Å². The molecule has 0 saturated carbocycles. The van der Waals surface area contributed by atoms with Crippen LogP contribution in [0.1, 0.15) is 33.4 Å². The van der Waals surface area contributed by atoms with E-state index in [1.807, 2.05) is 0 Å². The van der Waals surface area contributed by atoms with Crippen molar-refractivity contribution in [2.75, 3.05) is 18.1 Å². The SMILES string of the molecule is O=C(O)C1c2ccccc2C(=O)N(c2ccc(Cl)c(F)c2)C1c1ccc2c(c1)OCCO2. The number of nitrogens with zero attached hydrogens (tertiary/aromatic N) is 1. The molecule has 2 atom stereocenters. The predicted molar refractivity (Wildman–Crippen MR) is 115 cm³/mol. The number of halogens is 2. The van der Waals surface area contributed by atoms with Crippen LogP contribution >= 0.6 is 11.6 Å². The summed E-state index contributed by atoms with van der Waals surface area (Å²) in [6, 6.07) is 14.7. The summed E-state index contributed by atoms with van der Waals surface area (Å²) in [4.78, 5) is 27.4. The molecule has 1 N–H and O–H groups in total. The van der Waals surface area contributed by atoms with Gasteiger partial charge in [-0.1, -0.05) is 35.9 Å². The van der Waals surface area contributed by atoms with E-state index in [9.17, 15) is 19.1 Å². The molecule has 2 heterocycles. The maximum Gasteiger partial charge on any atom is 0.313 e. The third-order valence-corrected chi connectivity index (χ3v) is 6.00. The van der Waals surface area contributed by atoms with E-state index in [-0.39, 0.29) is 16.3 Å². The molecule has 2 aliphatic heterocycles. The molecule has 1 amide bonds. The van der Waals surface area contributed by atoms with Crippen LogP contribution in [-0.4, -0.2) is 30.2 Å². The number of amides is 1. The van der Waals surface area contributed by atoms with Crippen molar-refractivity contribution in [3.8, 4) is 11.5 Å². The molecule has 3 aromatic carbocycles. The Bertz CT molecular complexity index is 1250. The number of ether oxygens (including phenoxy) is 2. The van der Waals surface area contributed by atoms with Gasteiger partial charge in [-0.05, 0) is 47.5 Å². The molecule has 162 valence electrons. The minimum Gasteiger partial charge on any atom is -0.486 e. The largest absolute Gasteiger partial charge is 0.486 e. The lowest BCUT2D eigenvalue weighted by molar-refractivity contribution is -0.139. The molecule has 6 nitrogen and oxygen atoms in total. The van der Waals surface area contributed by atoms with Gasteiger partial charge in [-0.25, -0.2) is 4.39 Å². The van der Waals surface area contributed by atoms with E-state index in [0.29, 0.717) is 35.8 Å². The van der Waals surface area contributed by atoms with Crippen LogP contribution in [0.4, 0.5) is 10.1 Å². The summed E-state index contributed by atoms with van der Waals surface area (Å²) in [5, 5.41) is 10.1. The molecule has 32 heavy (non-hydrogen) atoms. The zero-order valence-electron chi connectivity index (χ0n) is 16.6. The molecular formula is C24H17ClFNO5. The summed E-state index contributed by atoms with van der Waals surface area (Å²) in [5.41, 5.74) is 1.39. The van der Waals surface area contributed by atoms with E-state index in [1.165, 1.54) is 17.0 Å². The summed E-state index contributed by atoms with van der Waals surface area (Å²) in [6.45, 7) is 0.771. The summed E-state index contributed by atoms with van der Waals surface area (Å²) in [6.07, 6.45) is 0. The molecule has 3 aromatic rings. The van der Waals surface area contributed by atoms with Gasteiger partial charge in [-0.3, -0.25) is 14.5 Å². The number of anilines is 1. The van der Waals surface area contributed by atoms with Crippen LogP contribution in [0.5, 0.6) is 11.5 Å². The molecule has 0 aromatic heterocycles. The fraction of sp³-hybridized carbons (Fsp3) is 0.167. The zero-order chi connectivity index (χ0) is 22.4. The van der Waals surface area contributed by atoms with Gasteiger partial charge in [-0.15, -0.1) is 0 Å². The fourth-order valence-electron chi connectivity index (χ4n) is 4.30. The molecule has 0 saturated heterocycles. The van der Waals surface area contributed by atoms with Gasteiger partial charge in [-0.2, -0.15) is 0 Å². The number of hydrogen-bond donors (Lipinski definition) is 1. The number of carbonyl (C=O) groups is 2. The third-order valence-electron chi connectivity index (χ3n) is 5.69. The third kappa shape index (κ3) is 3.26. The second-order valence-electron chi connectivity index (χ2n) is 7.52. The van der Waals surface area contributed by atoms with Crippen LogP contribution in [0.25, 0.3) is 0 Å². The average Bonchev–Trinajstić information content (AvgIpc) is 2.80. The van der Waals surface area contributed by atoms with Crippen molar-refractivity contribution in [2.24, 2.45) is 0 Å². The quantitative estimate of drug-likeness (QED) is 0.615. The molecule has 0 spiro atoms. The summed E-state index contributed by atoms with van der Waals surface area (Å²) in [5.74, 6) is -2.33. The Kier molecular flexibility index (Phi) is 4.98. The van der Waals surface area contributed by atoms with Crippen LogP contribution in [0.15, 0.2) is 60.7 Å². The van der Waals surface area contributed by atoms with Crippen molar-refractivity contribution >= 4 is 29.2 Å². The summed E-state index contributed by atoms with van der Waals surface area (Å²) < 4.78 is 25.6. The summed E-state index contributed by atoms with van der Waals surface area (Å²) >= 11 is 5.85. The van der Waals surface area contributed by atoms with E-state index in [2.05, 4.69) is 0 Å². The minimum atomic E-state index is -1.11. The van der Waals surface area contributed by atoms with Gasteiger partial charge in [0.05, 0.1) is 11.1 Å². The fourth-order valence-corrected chi connectivity index (χ4v) is 4.42. The Morgan fingerprint density at radius 2 is 1.78 bits per heavy atom. The molecule has 8 heteroatoms. The van der Waals surface area contributed by atoms with Crippen LogP contribution < -0.4 is 14.4 Å². The highest BCUT2D eigenvalue weighted by Gasteiger charge is 2.45. The monoisotopic (exact) mass is 453 g/mol. The van der Waals surface area contributed by atoms with E-state index in [1.54, 1.807) is 42.5 Å². The molecule has 0 bridgehead atoms. The number of rotatable bonds is 3. The Morgan fingerprint density at radius 1 is 1.03 bits per heavy atom. The molecule has 0 fully saturated rings. The van der Waals surface area contributed by atoms with Gasteiger partial charge in [0.15, 0.2) is 11.5 Å². The van der Waals surface area contributed by atoms with E-state index >= 15 is 0 Å². The predicted octanol–water partition coefficient (Wildman–Crippen LogP) is 4.82. The molecule has 0 aliphatic carbocycles. The van der Waals surface area contributed by atoms with Gasteiger partial charge in [0.2, 0.25) is 0 Å². The highest BCUT2D eigenvalue weighted by Crippen LogP contribution is 2.47. The lowest BCUT2D eigenvalue weighted by atomic mass is 9.79. The van der Waals surface area contributed by atoms with Crippen molar-refractivity contribution in [3.05, 3.63) is 88.2 Å². The van der Waals surface area contributed by atoms with Crippen LogP contribution in [0, 0.1) is 5.82 Å². The molecule has 2 unspecified atom stereocenters. The number of aliphatic carboxylic acids is 1. The Hall–Kier alpha value is -3.58. The standard InChI is InChI=1S/C24H17ClFNO5/c25-17-7-6-14(12-18(17)26)27-22(13-5-8-19-20(11-13)32-10-9-31-19)21(24(29)30)15-3-1-2-4-16(15)23(27)28/h1-8,11-12,21-22H,9-10H2,(H,29,30). The Balaban J connectivity index is 1.74. The zero-order valence-corrected chi connectivity index (χ0v) is 17.4. The maximum absolute atomic E-state index is 14.3. The molecule has 5 rings (SSSR count). The minimum absolute atomic E-state index is 0.0933. The number of carboxylic acid groups (broad SMARTS) is 1. The van der Waals surface area contributed by atoms with Crippen LogP contribution in [0.3, 0.4) is 0 Å². The van der Waals surface area contributed by atoms with E-state index < -0.39 is 29.7 Å². The first-order valence-corrected chi connectivity index (χ1v) is 10.3. The van der Waals surface area contributed by atoms with Gasteiger partial charge < -0.3 is 14.6 Å². The second-order valence-corrected chi connectivity index (χ2v) is 7.93. The highest BCUT2D eigenvalue weighted by atomic mass is 35.5. The molecule has 0 radical (unpaired) electrons. The van der Waals surface area contributed by atoms with Crippen molar-refractivity contribution in [2.45, 2.75) is 12.0 Å². The second kappa shape index (κ2) is 7.84. The van der Waals surface area contributed by atoms with Gasteiger partial charge in [0.25, 0.3) is 5.91 Å². The van der Waals surface area contributed by atoms with Gasteiger partial charge >= 0.3 is 5.97 Å². The Morgan fingerprint density at radius 3 is 2.53 bits per heavy atom. The molecule has 2 aliphatic rings. The topological polar surface area (TPSA) is 76.1 Å². The van der Waals surface area contributed by atoms with Gasteiger partial charge in [0.1, 0.15) is 24.9 Å². The maximum atomic E-state index is 14.3. The van der Waals surface area contributed by atoms with Crippen LogP contribution in [-0.2, 0) is 4.79 Å². The number of carboxylic acids is 1.